The molecule has 0 fully saturated rings. The predicted octanol–water partition coefficient (Wildman–Crippen LogP) is 1.69. The molecular weight excluding hydrogens is 218 g/mol. The highest BCUT2D eigenvalue weighted by Gasteiger charge is 2.17. The van der Waals surface area contributed by atoms with Crippen molar-refractivity contribution in [2.45, 2.75) is 19.8 Å². The lowest BCUT2D eigenvalue weighted by Crippen LogP contribution is -2.16. The normalized spacial score (nSPS) is 13.5. The fraction of sp³-hybridized carbons (Fsp3) is 0.462. The summed E-state index contributed by atoms with van der Waals surface area (Å²) >= 11 is 0. The van der Waals surface area contributed by atoms with Crippen LogP contribution in [0, 0.1) is 6.92 Å². The van der Waals surface area contributed by atoms with Crippen molar-refractivity contribution in [3.8, 4) is 11.5 Å². The van der Waals surface area contributed by atoms with Crippen molar-refractivity contribution >= 4 is 5.78 Å². The van der Waals surface area contributed by atoms with Crippen LogP contribution in [0.3, 0.4) is 0 Å². The summed E-state index contributed by atoms with van der Waals surface area (Å²) in [5.74, 6) is 1.51. The summed E-state index contributed by atoms with van der Waals surface area (Å²) in [7, 11) is 0. The highest BCUT2D eigenvalue weighted by Crippen LogP contribution is 2.33. The quantitative estimate of drug-likeness (QED) is 0.807. The molecule has 2 N–H and O–H groups in total. The molecule has 0 unspecified atom stereocenters. The van der Waals surface area contributed by atoms with Gasteiger partial charge in [-0.25, -0.2) is 0 Å². The molecule has 0 radical (unpaired) electrons. The number of fused-ring (bicyclic) bond motifs is 1. The van der Waals surface area contributed by atoms with Crippen molar-refractivity contribution in [3.63, 3.8) is 0 Å². The predicted molar refractivity (Wildman–Crippen MR) is 64.8 cm³/mol. The highest BCUT2D eigenvalue weighted by molar-refractivity contribution is 5.98. The number of nitrogens with two attached hydrogens (primary N) is 1. The largest absolute Gasteiger partial charge is 0.486 e. The Morgan fingerprint density at radius 3 is 2.59 bits per heavy atom. The Balaban J connectivity index is 2.25. The average Bonchev–Trinajstić information content (AvgIpc) is 2.35. The van der Waals surface area contributed by atoms with E-state index in [1.54, 1.807) is 6.07 Å². The van der Waals surface area contributed by atoms with Crippen LogP contribution in [0.1, 0.15) is 28.8 Å². The maximum atomic E-state index is 12.0. The Kier molecular flexibility index (Phi) is 3.64. The Labute approximate surface area is 101 Å². The van der Waals surface area contributed by atoms with E-state index in [1.807, 2.05) is 13.0 Å². The van der Waals surface area contributed by atoms with Crippen LogP contribution in [-0.4, -0.2) is 25.5 Å². The molecule has 0 atom stereocenters. The summed E-state index contributed by atoms with van der Waals surface area (Å²) in [6.07, 6.45) is 1.20. The fourth-order valence-electron chi connectivity index (χ4n) is 1.89. The zero-order valence-corrected chi connectivity index (χ0v) is 9.99. The van der Waals surface area contributed by atoms with Gasteiger partial charge in [-0.15, -0.1) is 0 Å². The first-order valence-electron chi connectivity index (χ1n) is 5.86. The molecule has 1 aromatic carbocycles. The van der Waals surface area contributed by atoms with Gasteiger partial charge in [-0.2, -0.15) is 0 Å². The molecule has 1 aliphatic heterocycles. The van der Waals surface area contributed by atoms with Crippen LogP contribution in [0.25, 0.3) is 0 Å². The number of hydrogen-bond donors (Lipinski definition) is 1. The lowest BCUT2D eigenvalue weighted by atomic mass is 10.0. The fourth-order valence-corrected chi connectivity index (χ4v) is 1.89. The van der Waals surface area contributed by atoms with E-state index in [0.717, 1.165) is 11.3 Å². The van der Waals surface area contributed by atoms with Crippen molar-refractivity contribution in [3.05, 3.63) is 23.3 Å². The van der Waals surface area contributed by atoms with Crippen LogP contribution in [0.5, 0.6) is 11.5 Å². The second-order valence-corrected chi connectivity index (χ2v) is 4.13. The number of hydrogen-bond acceptors (Lipinski definition) is 4. The number of aryl methyl sites for hydroxylation is 1. The standard InChI is InChI=1S/C13H17NO3/c1-9-7-12-13(17-6-5-16-12)8-10(9)11(15)3-2-4-14/h7-8H,2-6,14H2,1H3. The number of benzene rings is 1. The number of carbonyl (C=O) groups is 1. The summed E-state index contributed by atoms with van der Waals surface area (Å²) in [6.45, 7) is 3.54. The van der Waals surface area contributed by atoms with E-state index in [-0.39, 0.29) is 5.78 Å². The summed E-state index contributed by atoms with van der Waals surface area (Å²) in [5, 5.41) is 0. The molecular formula is C13H17NO3. The summed E-state index contributed by atoms with van der Waals surface area (Å²) in [5.41, 5.74) is 7.04. The molecule has 0 amide bonds. The van der Waals surface area contributed by atoms with E-state index < -0.39 is 0 Å². The van der Waals surface area contributed by atoms with Crippen molar-refractivity contribution in [2.24, 2.45) is 5.73 Å². The van der Waals surface area contributed by atoms with Gasteiger partial charge >= 0.3 is 0 Å². The first-order chi connectivity index (χ1) is 8.22. The molecule has 0 saturated carbocycles. The zero-order valence-electron chi connectivity index (χ0n) is 9.99. The van der Waals surface area contributed by atoms with Gasteiger partial charge in [-0.1, -0.05) is 0 Å². The Bertz CT molecular complexity index is 429. The van der Waals surface area contributed by atoms with Crippen LogP contribution >= 0.6 is 0 Å². The third kappa shape index (κ3) is 2.58. The number of Topliss-reactive ketones (excluding diaryl/α,β-unsaturated/α-hetero) is 1. The van der Waals surface area contributed by atoms with E-state index in [9.17, 15) is 4.79 Å². The molecule has 0 aromatic heterocycles. The van der Waals surface area contributed by atoms with E-state index in [1.165, 1.54) is 0 Å². The summed E-state index contributed by atoms with van der Waals surface area (Å²) in [4.78, 5) is 12.0. The van der Waals surface area contributed by atoms with Gasteiger partial charge in [0.25, 0.3) is 0 Å². The van der Waals surface area contributed by atoms with Crippen LogP contribution in [0.4, 0.5) is 0 Å². The first-order valence-corrected chi connectivity index (χ1v) is 5.86. The molecule has 0 aliphatic carbocycles. The maximum absolute atomic E-state index is 12.0. The third-order valence-electron chi connectivity index (χ3n) is 2.80. The lowest BCUT2D eigenvalue weighted by molar-refractivity contribution is 0.0979. The Hall–Kier alpha value is -1.55. The minimum atomic E-state index is 0.116. The molecule has 0 spiro atoms. The molecule has 0 saturated heterocycles. The molecule has 4 heteroatoms. The van der Waals surface area contributed by atoms with Gasteiger partial charge in [-0.05, 0) is 37.6 Å². The van der Waals surface area contributed by atoms with Crippen LogP contribution in [0.15, 0.2) is 12.1 Å². The molecule has 1 heterocycles. The van der Waals surface area contributed by atoms with E-state index >= 15 is 0 Å². The zero-order chi connectivity index (χ0) is 12.3. The molecule has 4 nitrogen and oxygen atoms in total. The smallest absolute Gasteiger partial charge is 0.163 e. The number of ketones is 1. The average molecular weight is 235 g/mol. The van der Waals surface area contributed by atoms with Crippen LogP contribution in [-0.2, 0) is 0 Å². The second-order valence-electron chi connectivity index (χ2n) is 4.13. The van der Waals surface area contributed by atoms with E-state index in [2.05, 4.69) is 0 Å². The monoisotopic (exact) mass is 235 g/mol. The third-order valence-corrected chi connectivity index (χ3v) is 2.80. The van der Waals surface area contributed by atoms with Gasteiger partial charge in [0.15, 0.2) is 17.3 Å². The number of ether oxygens (including phenoxy) is 2. The number of rotatable bonds is 4. The molecule has 1 aliphatic rings. The first kappa shape index (κ1) is 11.9. The van der Waals surface area contributed by atoms with Crippen molar-refractivity contribution in [1.29, 1.82) is 0 Å². The van der Waals surface area contributed by atoms with Gasteiger partial charge in [0.2, 0.25) is 0 Å². The molecule has 92 valence electrons. The van der Waals surface area contributed by atoms with Crippen LogP contribution in [0.2, 0.25) is 0 Å². The minimum absolute atomic E-state index is 0.116. The molecule has 0 bridgehead atoms. The van der Waals surface area contributed by atoms with Gasteiger partial charge in [0, 0.05) is 12.0 Å². The topological polar surface area (TPSA) is 61.6 Å². The van der Waals surface area contributed by atoms with Gasteiger partial charge < -0.3 is 15.2 Å². The van der Waals surface area contributed by atoms with Crippen LogP contribution < -0.4 is 15.2 Å². The molecule has 17 heavy (non-hydrogen) atoms. The molecule has 2 rings (SSSR count). The highest BCUT2D eigenvalue weighted by atomic mass is 16.6. The SMILES string of the molecule is Cc1cc2c(cc1C(=O)CCCN)OCCO2. The van der Waals surface area contributed by atoms with Crippen molar-refractivity contribution in [1.82, 2.24) is 0 Å². The van der Waals surface area contributed by atoms with Gasteiger partial charge in [0.05, 0.1) is 0 Å². The van der Waals surface area contributed by atoms with E-state index in [0.29, 0.717) is 43.9 Å². The summed E-state index contributed by atoms with van der Waals surface area (Å²) in [6, 6.07) is 3.65. The Morgan fingerprint density at radius 1 is 1.29 bits per heavy atom. The van der Waals surface area contributed by atoms with Crippen molar-refractivity contribution in [2.75, 3.05) is 19.8 Å². The Morgan fingerprint density at radius 2 is 1.94 bits per heavy atom. The number of carbonyl (C=O) groups excluding carboxylic acids is 1. The van der Waals surface area contributed by atoms with Gasteiger partial charge in [0.1, 0.15) is 13.2 Å². The van der Waals surface area contributed by atoms with Crippen molar-refractivity contribution < 1.29 is 14.3 Å². The van der Waals surface area contributed by atoms with Gasteiger partial charge in [-0.3, -0.25) is 4.79 Å². The summed E-state index contributed by atoms with van der Waals surface area (Å²) < 4.78 is 10.9. The lowest BCUT2D eigenvalue weighted by Gasteiger charge is -2.20. The second kappa shape index (κ2) is 5.19. The van der Waals surface area contributed by atoms with E-state index in [4.69, 9.17) is 15.2 Å². The molecule has 1 aromatic rings. The maximum Gasteiger partial charge on any atom is 0.163 e. The minimum Gasteiger partial charge on any atom is -0.486 e.